The minimum atomic E-state index is 0.0701. The number of amides is 1. The summed E-state index contributed by atoms with van der Waals surface area (Å²) in [4.78, 5) is 19.9. The van der Waals surface area contributed by atoms with Crippen molar-refractivity contribution in [2.45, 2.75) is 52.5 Å². The topological polar surface area (TPSA) is 47.4 Å². The Balaban J connectivity index is 1.34. The second-order valence-corrected chi connectivity index (χ2v) is 9.51. The van der Waals surface area contributed by atoms with Gasteiger partial charge in [-0.2, -0.15) is 0 Å². The summed E-state index contributed by atoms with van der Waals surface area (Å²) >= 11 is 0. The number of para-hydroxylation sites is 2. The first-order chi connectivity index (χ1) is 17.0. The molecule has 1 unspecified atom stereocenters. The van der Waals surface area contributed by atoms with Crippen molar-refractivity contribution in [1.82, 2.24) is 9.55 Å². The zero-order valence-corrected chi connectivity index (χ0v) is 20.8. The number of hydrogen-bond acceptors (Lipinski definition) is 3. The molecule has 3 aromatic carbocycles. The highest BCUT2D eigenvalue weighted by Gasteiger charge is 2.34. The van der Waals surface area contributed by atoms with Gasteiger partial charge in [-0.3, -0.25) is 4.79 Å². The molecule has 0 saturated carbocycles. The molecule has 0 radical (unpaired) electrons. The summed E-state index contributed by atoms with van der Waals surface area (Å²) in [5.41, 5.74) is 6.71. The summed E-state index contributed by atoms with van der Waals surface area (Å²) < 4.78 is 8.40. The van der Waals surface area contributed by atoms with E-state index in [0.717, 1.165) is 53.2 Å². The normalized spacial score (nSPS) is 15.8. The predicted molar refractivity (Wildman–Crippen MR) is 141 cm³/mol. The molecule has 0 aliphatic carbocycles. The SMILES string of the molecule is CCc1ccc(N2CC(c3nc4ccccc4n3CCCOc3cc(C)ccc3C)CC2=O)cc1. The summed E-state index contributed by atoms with van der Waals surface area (Å²) in [5, 5.41) is 0. The molecule has 1 aliphatic heterocycles. The number of nitrogens with zero attached hydrogens (tertiary/aromatic N) is 3. The number of rotatable bonds is 8. The van der Waals surface area contributed by atoms with Crippen LogP contribution in [-0.4, -0.2) is 28.6 Å². The van der Waals surface area contributed by atoms with Gasteiger partial charge in [0.2, 0.25) is 5.91 Å². The zero-order valence-electron chi connectivity index (χ0n) is 20.8. The molecule has 35 heavy (non-hydrogen) atoms. The highest BCUT2D eigenvalue weighted by atomic mass is 16.5. The lowest BCUT2D eigenvalue weighted by molar-refractivity contribution is -0.117. The standard InChI is InChI=1S/C30H33N3O2/c1-4-23-12-14-25(15-13-23)33-20-24(19-29(33)34)30-31-26-8-5-6-9-27(26)32(30)16-7-17-35-28-18-21(2)10-11-22(28)3/h5-6,8-15,18,24H,4,7,16-17,19-20H2,1-3H3. The van der Waals surface area contributed by atoms with Crippen molar-refractivity contribution in [1.29, 1.82) is 0 Å². The third-order valence-corrected chi connectivity index (χ3v) is 6.96. The molecular weight excluding hydrogens is 434 g/mol. The molecule has 0 spiro atoms. The van der Waals surface area contributed by atoms with Crippen molar-refractivity contribution in [2.75, 3.05) is 18.1 Å². The molecule has 5 nitrogen and oxygen atoms in total. The van der Waals surface area contributed by atoms with Crippen molar-refractivity contribution in [3.8, 4) is 5.75 Å². The van der Waals surface area contributed by atoms with Crippen LogP contribution in [0, 0.1) is 13.8 Å². The van der Waals surface area contributed by atoms with E-state index in [4.69, 9.17) is 9.72 Å². The lowest BCUT2D eigenvalue weighted by Gasteiger charge is -2.18. The van der Waals surface area contributed by atoms with Gasteiger partial charge in [0.15, 0.2) is 0 Å². The van der Waals surface area contributed by atoms with Crippen LogP contribution in [0.2, 0.25) is 0 Å². The minimum Gasteiger partial charge on any atom is -0.493 e. The van der Waals surface area contributed by atoms with Gasteiger partial charge >= 0.3 is 0 Å². The van der Waals surface area contributed by atoms with Gasteiger partial charge in [0.1, 0.15) is 11.6 Å². The summed E-state index contributed by atoms with van der Waals surface area (Å²) in [6.45, 7) is 8.40. The number of aromatic nitrogens is 2. The molecule has 4 aromatic rings. The molecule has 1 fully saturated rings. The maximum absolute atomic E-state index is 13.0. The molecule has 1 saturated heterocycles. The number of carbonyl (C=O) groups excluding carboxylic acids is 1. The van der Waals surface area contributed by atoms with Crippen LogP contribution in [0.15, 0.2) is 66.7 Å². The molecule has 180 valence electrons. The Morgan fingerprint density at radius 2 is 1.83 bits per heavy atom. The number of benzene rings is 3. The molecule has 0 N–H and O–H groups in total. The third kappa shape index (κ3) is 4.81. The number of hydrogen-bond donors (Lipinski definition) is 0. The van der Waals surface area contributed by atoms with Crippen molar-refractivity contribution < 1.29 is 9.53 Å². The van der Waals surface area contributed by atoms with E-state index in [9.17, 15) is 4.79 Å². The maximum Gasteiger partial charge on any atom is 0.227 e. The fourth-order valence-electron chi connectivity index (χ4n) is 4.95. The monoisotopic (exact) mass is 467 g/mol. The van der Waals surface area contributed by atoms with Gasteiger partial charge in [0, 0.05) is 31.1 Å². The molecule has 2 heterocycles. The Kier molecular flexibility index (Phi) is 6.58. The van der Waals surface area contributed by atoms with Crippen LogP contribution in [-0.2, 0) is 17.8 Å². The van der Waals surface area contributed by atoms with E-state index in [2.05, 4.69) is 86.0 Å². The van der Waals surface area contributed by atoms with Gasteiger partial charge in [0.25, 0.3) is 0 Å². The molecule has 1 aliphatic rings. The first kappa shape index (κ1) is 23.2. The molecule has 0 bridgehead atoms. The van der Waals surface area contributed by atoms with Crippen molar-refractivity contribution in [2.24, 2.45) is 0 Å². The van der Waals surface area contributed by atoms with Crippen LogP contribution in [0.4, 0.5) is 5.69 Å². The van der Waals surface area contributed by atoms with Crippen molar-refractivity contribution in [3.63, 3.8) is 0 Å². The third-order valence-electron chi connectivity index (χ3n) is 6.96. The Morgan fingerprint density at radius 3 is 2.63 bits per heavy atom. The van der Waals surface area contributed by atoms with Crippen LogP contribution in [0.3, 0.4) is 0 Å². The summed E-state index contributed by atoms with van der Waals surface area (Å²) in [6.07, 6.45) is 2.34. The van der Waals surface area contributed by atoms with Gasteiger partial charge in [-0.15, -0.1) is 0 Å². The van der Waals surface area contributed by atoms with Gasteiger partial charge in [0.05, 0.1) is 17.6 Å². The molecule has 5 rings (SSSR count). The Hall–Kier alpha value is -3.60. The molecule has 1 amide bonds. The first-order valence-corrected chi connectivity index (χ1v) is 12.6. The average molecular weight is 468 g/mol. The van der Waals surface area contributed by atoms with Crippen LogP contribution >= 0.6 is 0 Å². The second-order valence-electron chi connectivity index (χ2n) is 9.51. The second kappa shape index (κ2) is 9.95. The molecule has 1 aromatic heterocycles. The number of anilines is 1. The van der Waals surface area contributed by atoms with Crippen molar-refractivity contribution >= 4 is 22.6 Å². The van der Waals surface area contributed by atoms with E-state index >= 15 is 0 Å². The van der Waals surface area contributed by atoms with E-state index < -0.39 is 0 Å². The Labute approximate surface area is 207 Å². The number of carbonyl (C=O) groups is 1. The van der Waals surface area contributed by atoms with Gasteiger partial charge in [-0.1, -0.05) is 43.3 Å². The minimum absolute atomic E-state index is 0.0701. The number of ether oxygens (including phenoxy) is 1. The van der Waals surface area contributed by atoms with Gasteiger partial charge in [-0.05, 0) is 73.7 Å². The van der Waals surface area contributed by atoms with E-state index in [1.807, 2.05) is 11.0 Å². The number of aryl methyl sites for hydroxylation is 4. The summed E-state index contributed by atoms with van der Waals surface area (Å²) in [5.74, 6) is 2.18. The van der Waals surface area contributed by atoms with E-state index in [1.54, 1.807) is 0 Å². The fraction of sp³-hybridized carbons (Fsp3) is 0.333. The highest BCUT2D eigenvalue weighted by molar-refractivity contribution is 5.96. The van der Waals surface area contributed by atoms with E-state index in [1.165, 1.54) is 11.1 Å². The maximum atomic E-state index is 13.0. The van der Waals surface area contributed by atoms with Crippen LogP contribution in [0.25, 0.3) is 11.0 Å². The smallest absolute Gasteiger partial charge is 0.227 e. The predicted octanol–water partition coefficient (Wildman–Crippen LogP) is 6.21. The van der Waals surface area contributed by atoms with E-state index in [0.29, 0.717) is 19.6 Å². The Bertz CT molecular complexity index is 1340. The quantitative estimate of drug-likeness (QED) is 0.290. The lowest BCUT2D eigenvalue weighted by Crippen LogP contribution is -2.24. The molecule has 1 atom stereocenters. The van der Waals surface area contributed by atoms with Gasteiger partial charge in [-0.25, -0.2) is 4.98 Å². The fourth-order valence-corrected chi connectivity index (χ4v) is 4.95. The summed E-state index contributed by atoms with van der Waals surface area (Å²) in [7, 11) is 0. The molecule has 5 heteroatoms. The van der Waals surface area contributed by atoms with Gasteiger partial charge < -0.3 is 14.2 Å². The van der Waals surface area contributed by atoms with Crippen molar-refractivity contribution in [3.05, 3.63) is 89.2 Å². The number of fused-ring (bicyclic) bond motifs is 1. The first-order valence-electron chi connectivity index (χ1n) is 12.6. The van der Waals surface area contributed by atoms with E-state index in [-0.39, 0.29) is 11.8 Å². The zero-order chi connectivity index (χ0) is 24.4. The largest absolute Gasteiger partial charge is 0.493 e. The van der Waals surface area contributed by atoms with Crippen LogP contribution in [0.5, 0.6) is 5.75 Å². The van der Waals surface area contributed by atoms with Crippen LogP contribution in [0.1, 0.15) is 48.2 Å². The summed E-state index contributed by atoms with van der Waals surface area (Å²) in [6, 6.07) is 22.9. The molecular formula is C30H33N3O2. The van der Waals surface area contributed by atoms with Crippen LogP contribution < -0.4 is 9.64 Å². The number of imidazole rings is 1. The highest BCUT2D eigenvalue weighted by Crippen LogP contribution is 2.33. The average Bonchev–Trinajstić information content (AvgIpc) is 3.44. The lowest BCUT2D eigenvalue weighted by atomic mass is 10.1. The Morgan fingerprint density at radius 1 is 1.03 bits per heavy atom.